The number of benzene rings is 1. The van der Waals surface area contributed by atoms with Gasteiger partial charge in [-0.3, -0.25) is 4.79 Å². The molecule has 27 heavy (non-hydrogen) atoms. The average molecular weight is 400 g/mol. The Morgan fingerprint density at radius 1 is 1.07 bits per heavy atom. The third-order valence-electron chi connectivity index (χ3n) is 3.89. The van der Waals surface area contributed by atoms with Crippen LogP contribution in [0.3, 0.4) is 0 Å². The highest BCUT2D eigenvalue weighted by molar-refractivity contribution is 7.89. The Hall–Kier alpha value is -2.13. The molecular formula is C18H28N2O6S. The lowest BCUT2D eigenvalue weighted by Gasteiger charge is -2.30. The fraction of sp³-hybridized carbons (Fsp3) is 0.556. The van der Waals surface area contributed by atoms with E-state index in [1.165, 1.54) is 39.4 Å². The average Bonchev–Trinajstić information content (AvgIpc) is 2.58. The van der Waals surface area contributed by atoms with Gasteiger partial charge < -0.3 is 14.4 Å². The van der Waals surface area contributed by atoms with Crippen molar-refractivity contribution in [3.05, 3.63) is 23.8 Å². The maximum atomic E-state index is 12.4. The Balaban J connectivity index is 3.04. The van der Waals surface area contributed by atoms with Crippen molar-refractivity contribution in [2.75, 3.05) is 27.8 Å². The molecule has 0 N–H and O–H groups in total. The van der Waals surface area contributed by atoms with E-state index in [1.807, 2.05) is 27.7 Å². The minimum absolute atomic E-state index is 0.0182. The number of amides is 1. The van der Waals surface area contributed by atoms with Crippen molar-refractivity contribution < 1.29 is 27.5 Å². The second-order valence-electron chi connectivity index (χ2n) is 6.72. The molecule has 152 valence electrons. The molecule has 1 aromatic carbocycles. The molecule has 0 aliphatic heterocycles. The second kappa shape index (κ2) is 9.18. The molecule has 0 aliphatic rings. The highest BCUT2D eigenvalue weighted by Crippen LogP contribution is 2.27. The summed E-state index contributed by atoms with van der Waals surface area (Å²) in [6.45, 7) is 7.09. The van der Waals surface area contributed by atoms with Crippen LogP contribution in [0, 0.1) is 0 Å². The molecular weight excluding hydrogens is 372 g/mol. The minimum Gasteiger partial charge on any atom is -0.495 e. The van der Waals surface area contributed by atoms with E-state index in [-0.39, 0.29) is 34.2 Å². The molecule has 9 heteroatoms. The van der Waals surface area contributed by atoms with Gasteiger partial charge in [-0.25, -0.2) is 17.5 Å². The molecule has 0 aliphatic carbocycles. The first kappa shape index (κ1) is 22.9. The van der Waals surface area contributed by atoms with Crippen LogP contribution in [0.1, 0.15) is 38.1 Å². The summed E-state index contributed by atoms with van der Waals surface area (Å²) in [6.07, 6.45) is 0. The smallest absolute Gasteiger partial charge is 0.338 e. The summed E-state index contributed by atoms with van der Waals surface area (Å²) in [7, 11) is 0.283. The summed E-state index contributed by atoms with van der Waals surface area (Å²) in [5.74, 6) is -0.987. The number of rotatable bonds is 8. The van der Waals surface area contributed by atoms with Gasteiger partial charge in [0.1, 0.15) is 10.6 Å². The molecule has 1 aromatic rings. The number of hydrogen-bond acceptors (Lipinski definition) is 6. The molecule has 8 nitrogen and oxygen atoms in total. The van der Waals surface area contributed by atoms with Crippen LogP contribution < -0.4 is 4.74 Å². The molecule has 0 radical (unpaired) electrons. The molecule has 0 aromatic heterocycles. The molecule has 0 saturated heterocycles. The monoisotopic (exact) mass is 400 g/mol. The number of nitrogens with zero attached hydrogens (tertiary/aromatic N) is 2. The van der Waals surface area contributed by atoms with E-state index >= 15 is 0 Å². The van der Waals surface area contributed by atoms with Crippen LogP contribution >= 0.6 is 0 Å². The van der Waals surface area contributed by atoms with Crippen LogP contribution in [0.5, 0.6) is 5.75 Å². The van der Waals surface area contributed by atoms with Gasteiger partial charge >= 0.3 is 5.97 Å². The fourth-order valence-electron chi connectivity index (χ4n) is 2.66. The number of sulfonamides is 1. The van der Waals surface area contributed by atoms with Gasteiger partial charge in [0.15, 0.2) is 6.61 Å². The highest BCUT2D eigenvalue weighted by Gasteiger charge is 2.25. The van der Waals surface area contributed by atoms with Gasteiger partial charge in [-0.05, 0) is 45.9 Å². The van der Waals surface area contributed by atoms with Crippen molar-refractivity contribution in [1.29, 1.82) is 0 Å². The highest BCUT2D eigenvalue weighted by atomic mass is 32.2. The lowest BCUT2D eigenvalue weighted by Crippen LogP contribution is -2.44. The SMILES string of the molecule is COc1ccc(C(=O)OCC(=O)N(C(C)C)C(C)C)cc1S(=O)(=O)N(C)C. The third kappa shape index (κ3) is 5.43. The summed E-state index contributed by atoms with van der Waals surface area (Å²) in [4.78, 5) is 26.1. The van der Waals surface area contributed by atoms with Gasteiger partial charge in [0.25, 0.3) is 5.91 Å². The number of ether oxygens (including phenoxy) is 2. The van der Waals surface area contributed by atoms with E-state index in [0.29, 0.717) is 0 Å². The number of carbonyl (C=O) groups excluding carboxylic acids is 2. The summed E-state index contributed by atoms with van der Waals surface area (Å²) in [6, 6.07) is 3.89. The molecule has 1 amide bonds. The predicted octanol–water partition coefficient (Wildman–Crippen LogP) is 1.75. The molecule has 1 rings (SSSR count). The Morgan fingerprint density at radius 3 is 2.07 bits per heavy atom. The van der Waals surface area contributed by atoms with Crippen LogP contribution in [0.25, 0.3) is 0 Å². The molecule has 0 saturated carbocycles. The first-order chi connectivity index (χ1) is 12.4. The van der Waals surface area contributed by atoms with Crippen molar-refractivity contribution in [2.45, 2.75) is 44.7 Å². The van der Waals surface area contributed by atoms with Crippen LogP contribution in [-0.4, -0.2) is 69.4 Å². The predicted molar refractivity (Wildman–Crippen MR) is 101 cm³/mol. The second-order valence-corrected chi connectivity index (χ2v) is 8.84. The quantitative estimate of drug-likeness (QED) is 0.617. The summed E-state index contributed by atoms with van der Waals surface area (Å²) in [5.41, 5.74) is 0.0182. The van der Waals surface area contributed by atoms with Gasteiger partial charge in [0.05, 0.1) is 12.7 Å². The molecule has 0 heterocycles. The van der Waals surface area contributed by atoms with Gasteiger partial charge in [-0.15, -0.1) is 0 Å². The summed E-state index contributed by atoms with van der Waals surface area (Å²) < 4.78 is 36.0. The maximum Gasteiger partial charge on any atom is 0.338 e. The van der Waals surface area contributed by atoms with Gasteiger partial charge in [-0.1, -0.05) is 0 Å². The number of methoxy groups -OCH3 is 1. The Morgan fingerprint density at radius 2 is 1.63 bits per heavy atom. The van der Waals surface area contributed by atoms with Crippen LogP contribution in [-0.2, 0) is 19.6 Å². The fourth-order valence-corrected chi connectivity index (χ4v) is 3.73. The lowest BCUT2D eigenvalue weighted by atomic mass is 10.2. The summed E-state index contributed by atoms with van der Waals surface area (Å²) in [5, 5.41) is 0. The number of hydrogen-bond donors (Lipinski definition) is 0. The Labute approximate surface area is 161 Å². The van der Waals surface area contributed by atoms with Crippen molar-refractivity contribution in [1.82, 2.24) is 9.21 Å². The van der Waals surface area contributed by atoms with Crippen LogP contribution in [0.4, 0.5) is 0 Å². The van der Waals surface area contributed by atoms with E-state index < -0.39 is 22.6 Å². The topological polar surface area (TPSA) is 93.2 Å². The lowest BCUT2D eigenvalue weighted by molar-refractivity contribution is -0.138. The van der Waals surface area contributed by atoms with Gasteiger partial charge in [0, 0.05) is 26.2 Å². The molecule has 0 spiro atoms. The zero-order valence-electron chi connectivity index (χ0n) is 16.8. The van der Waals surface area contributed by atoms with Crippen molar-refractivity contribution in [2.24, 2.45) is 0 Å². The van der Waals surface area contributed by atoms with Crippen LogP contribution in [0.2, 0.25) is 0 Å². The maximum absolute atomic E-state index is 12.4. The van der Waals surface area contributed by atoms with E-state index in [4.69, 9.17) is 9.47 Å². The zero-order chi connectivity index (χ0) is 20.9. The first-order valence-electron chi connectivity index (χ1n) is 8.52. The molecule has 0 atom stereocenters. The van der Waals surface area contributed by atoms with E-state index in [9.17, 15) is 18.0 Å². The molecule has 0 fully saturated rings. The largest absolute Gasteiger partial charge is 0.495 e. The van der Waals surface area contributed by atoms with Crippen molar-refractivity contribution in [3.63, 3.8) is 0 Å². The Kier molecular flexibility index (Phi) is 7.79. The number of esters is 1. The third-order valence-corrected chi connectivity index (χ3v) is 5.72. The standard InChI is InChI=1S/C18H28N2O6S/c1-12(2)20(13(3)4)17(21)11-26-18(22)14-8-9-15(25-7)16(10-14)27(23,24)19(5)6/h8-10,12-13H,11H2,1-7H3. The van der Waals surface area contributed by atoms with E-state index in [2.05, 4.69) is 0 Å². The van der Waals surface area contributed by atoms with Gasteiger partial charge in [-0.2, -0.15) is 0 Å². The number of carbonyl (C=O) groups is 2. The minimum atomic E-state index is -3.82. The van der Waals surface area contributed by atoms with Crippen LogP contribution in [0.15, 0.2) is 23.1 Å². The Bertz CT molecular complexity index is 779. The van der Waals surface area contributed by atoms with E-state index in [1.54, 1.807) is 4.90 Å². The summed E-state index contributed by atoms with van der Waals surface area (Å²) >= 11 is 0. The van der Waals surface area contributed by atoms with Gasteiger partial charge in [0.2, 0.25) is 10.0 Å². The first-order valence-corrected chi connectivity index (χ1v) is 9.96. The molecule has 0 unspecified atom stereocenters. The zero-order valence-corrected chi connectivity index (χ0v) is 17.7. The van der Waals surface area contributed by atoms with Crippen molar-refractivity contribution >= 4 is 21.9 Å². The van der Waals surface area contributed by atoms with Crippen molar-refractivity contribution in [3.8, 4) is 5.75 Å². The normalized spacial score (nSPS) is 11.8. The van der Waals surface area contributed by atoms with E-state index in [0.717, 1.165) is 4.31 Å². The molecule has 0 bridgehead atoms.